The molecule has 0 unspecified atom stereocenters. The number of fused-ring (bicyclic) bond motifs is 3. The van der Waals surface area contributed by atoms with Crippen LogP contribution in [0.3, 0.4) is 0 Å². The van der Waals surface area contributed by atoms with Gasteiger partial charge in [-0.1, -0.05) is 50.0 Å². The molecule has 0 saturated carbocycles. The topological polar surface area (TPSA) is 60.8 Å². The monoisotopic (exact) mass is 482 g/mol. The lowest BCUT2D eigenvalue weighted by Crippen LogP contribution is -2.53. The molecule has 1 saturated heterocycles. The Labute approximate surface area is 203 Å². The molecule has 3 heterocycles. The first kappa shape index (κ1) is 24.7. The molecule has 1 fully saturated rings. The lowest BCUT2D eigenvalue weighted by Gasteiger charge is -2.45. The van der Waals surface area contributed by atoms with Crippen molar-refractivity contribution in [3.05, 3.63) is 42.0 Å². The van der Waals surface area contributed by atoms with E-state index in [0.29, 0.717) is 5.92 Å². The lowest BCUT2D eigenvalue weighted by atomic mass is 9.77. The van der Waals surface area contributed by atoms with Crippen LogP contribution in [0.15, 0.2) is 36.4 Å². The fraction of sp³-hybridized carbons (Fsp3) is 0.556. The zero-order valence-corrected chi connectivity index (χ0v) is 22.6. The third-order valence-corrected chi connectivity index (χ3v) is 8.81. The number of carbonyl (C=O) groups excluding carboxylic acids is 2. The second-order valence-electron chi connectivity index (χ2n) is 11.7. The van der Waals surface area contributed by atoms with E-state index >= 15 is 0 Å². The number of methoxy groups -OCH3 is 1. The molecular formula is C27H38N2O4Si. The van der Waals surface area contributed by atoms with Crippen molar-refractivity contribution < 1.29 is 19.1 Å². The number of aromatic nitrogens is 1. The highest BCUT2D eigenvalue weighted by Crippen LogP contribution is 2.35. The fourth-order valence-electron chi connectivity index (χ4n) is 5.61. The van der Waals surface area contributed by atoms with Gasteiger partial charge in [-0.2, -0.15) is 0 Å². The summed E-state index contributed by atoms with van der Waals surface area (Å²) in [5, 5.41) is 2.25. The highest BCUT2D eigenvalue weighted by molar-refractivity contribution is 6.89. The second kappa shape index (κ2) is 9.00. The van der Waals surface area contributed by atoms with Crippen molar-refractivity contribution in [2.75, 3.05) is 20.2 Å². The molecule has 0 radical (unpaired) electrons. The fourth-order valence-corrected chi connectivity index (χ4v) is 7.66. The van der Waals surface area contributed by atoms with Gasteiger partial charge in [0, 0.05) is 29.8 Å². The molecule has 2 aliphatic heterocycles. The van der Waals surface area contributed by atoms with E-state index in [2.05, 4.69) is 42.8 Å². The minimum absolute atomic E-state index is 0.0759. The van der Waals surface area contributed by atoms with Crippen molar-refractivity contribution >= 4 is 36.4 Å². The van der Waals surface area contributed by atoms with Gasteiger partial charge < -0.3 is 9.47 Å². The van der Waals surface area contributed by atoms with Gasteiger partial charge in [0.1, 0.15) is 5.60 Å². The summed E-state index contributed by atoms with van der Waals surface area (Å²) < 4.78 is 12.8. The summed E-state index contributed by atoms with van der Waals surface area (Å²) in [6.07, 6.45) is 5.81. The number of para-hydroxylation sites is 1. The van der Waals surface area contributed by atoms with Gasteiger partial charge in [0.2, 0.25) is 0 Å². The Hall–Kier alpha value is -2.38. The van der Waals surface area contributed by atoms with Crippen molar-refractivity contribution in [1.82, 2.24) is 9.47 Å². The molecule has 184 valence electrons. The minimum Gasteiger partial charge on any atom is -0.469 e. The first-order valence-corrected chi connectivity index (χ1v) is 15.8. The summed E-state index contributed by atoms with van der Waals surface area (Å²) >= 11 is 0. The first-order chi connectivity index (χ1) is 15.9. The van der Waals surface area contributed by atoms with Gasteiger partial charge in [0.05, 0.1) is 26.6 Å². The Morgan fingerprint density at radius 3 is 2.44 bits per heavy atom. The van der Waals surface area contributed by atoms with E-state index in [-0.39, 0.29) is 24.0 Å². The molecule has 2 aromatic rings. The Balaban J connectivity index is 1.71. The van der Waals surface area contributed by atoms with Crippen molar-refractivity contribution in [1.29, 1.82) is 0 Å². The van der Waals surface area contributed by atoms with Crippen LogP contribution in [0.1, 0.15) is 32.8 Å². The summed E-state index contributed by atoms with van der Waals surface area (Å²) in [6.45, 7) is 14.4. The quantitative estimate of drug-likeness (QED) is 0.355. The Morgan fingerprint density at radius 1 is 1.12 bits per heavy atom. The minimum atomic E-state index is -1.93. The van der Waals surface area contributed by atoms with Gasteiger partial charge in [-0.3, -0.25) is 14.3 Å². The smallest absolute Gasteiger partial charge is 0.418 e. The number of hydrogen-bond acceptors (Lipinski definition) is 5. The van der Waals surface area contributed by atoms with Crippen LogP contribution < -0.4 is 5.32 Å². The van der Waals surface area contributed by atoms with Crippen LogP contribution in [0.5, 0.6) is 0 Å². The summed E-state index contributed by atoms with van der Waals surface area (Å²) in [7, 11) is -0.452. The molecule has 3 aliphatic rings. The lowest BCUT2D eigenvalue weighted by molar-refractivity contribution is -0.150. The summed E-state index contributed by atoms with van der Waals surface area (Å²) in [4.78, 5) is 28.2. The van der Waals surface area contributed by atoms with Gasteiger partial charge in [-0.25, -0.2) is 4.79 Å². The van der Waals surface area contributed by atoms with E-state index in [9.17, 15) is 9.59 Å². The number of piperidine rings is 1. The highest BCUT2D eigenvalue weighted by atomic mass is 28.3. The van der Waals surface area contributed by atoms with Gasteiger partial charge >= 0.3 is 12.1 Å². The molecule has 34 heavy (non-hydrogen) atoms. The average Bonchev–Trinajstić information content (AvgIpc) is 3.11. The Kier molecular flexibility index (Phi) is 6.55. The van der Waals surface area contributed by atoms with Crippen LogP contribution in [-0.4, -0.2) is 61.4 Å². The predicted octanol–water partition coefficient (Wildman–Crippen LogP) is 4.56. The predicted molar refractivity (Wildman–Crippen MR) is 138 cm³/mol. The van der Waals surface area contributed by atoms with Crippen LogP contribution in [-0.2, 0) is 20.7 Å². The normalized spacial score (nSPS) is 22.9. The maximum absolute atomic E-state index is 13.4. The Morgan fingerprint density at radius 2 is 1.82 bits per heavy atom. The van der Waals surface area contributed by atoms with E-state index in [1.54, 1.807) is 0 Å². The zero-order valence-electron chi connectivity index (χ0n) is 21.6. The molecule has 0 N–H and O–H groups in total. The van der Waals surface area contributed by atoms with E-state index in [1.165, 1.54) is 12.7 Å². The molecular weight excluding hydrogens is 444 g/mol. The molecule has 0 spiro atoms. The molecule has 1 aromatic carbocycles. The molecule has 5 rings (SSSR count). The highest BCUT2D eigenvalue weighted by Gasteiger charge is 2.42. The number of carbonyl (C=O) groups is 2. The standard InChI is InChI=1S/C27H38N2O4Si/c1-27(2,3)33-26(31)29-23-11-9-8-10-19(23)20(24(29)34(5,6)7)14-15-28-17-18-12-13-22(28)21(16-18)25(30)32-4/h8-13,18,21-22H,14-17H2,1-7H3/t18-,21-,22+/m0/s1. The van der Waals surface area contributed by atoms with Crippen molar-refractivity contribution in [3.63, 3.8) is 0 Å². The molecule has 1 aliphatic carbocycles. The van der Waals surface area contributed by atoms with Gasteiger partial charge in [-0.05, 0) is 51.2 Å². The third kappa shape index (κ3) is 4.73. The molecule has 0 amide bonds. The summed E-state index contributed by atoms with van der Waals surface area (Å²) in [5.41, 5.74) is 1.58. The molecule has 3 atom stereocenters. The SMILES string of the molecule is COC(=O)[C@H]1C[C@@H]2C=C[C@H]1N(CCc1c([Si](C)(C)C)n(C(=O)OC(C)(C)C)c3ccccc13)C2. The number of rotatable bonds is 5. The zero-order chi connectivity index (χ0) is 24.8. The molecule has 7 heteroatoms. The van der Waals surface area contributed by atoms with E-state index in [1.807, 2.05) is 43.5 Å². The second-order valence-corrected chi connectivity index (χ2v) is 16.6. The van der Waals surface area contributed by atoms with Gasteiger partial charge in [0.15, 0.2) is 0 Å². The molecule has 2 bridgehead atoms. The van der Waals surface area contributed by atoms with Crippen LogP contribution in [0, 0.1) is 11.8 Å². The van der Waals surface area contributed by atoms with E-state index in [4.69, 9.17) is 9.47 Å². The first-order valence-electron chi connectivity index (χ1n) is 12.3. The number of hydrogen-bond donors (Lipinski definition) is 0. The van der Waals surface area contributed by atoms with Crippen molar-refractivity contribution in [2.24, 2.45) is 11.8 Å². The van der Waals surface area contributed by atoms with Crippen LogP contribution in [0.2, 0.25) is 19.6 Å². The number of nitrogens with zero attached hydrogens (tertiary/aromatic N) is 2. The van der Waals surface area contributed by atoms with Crippen molar-refractivity contribution in [2.45, 2.75) is 64.9 Å². The third-order valence-electron chi connectivity index (χ3n) is 6.86. The van der Waals surface area contributed by atoms with E-state index in [0.717, 1.165) is 42.2 Å². The van der Waals surface area contributed by atoms with Gasteiger partial charge in [0.25, 0.3) is 0 Å². The maximum Gasteiger partial charge on any atom is 0.418 e. The average molecular weight is 483 g/mol. The summed E-state index contributed by atoms with van der Waals surface area (Å²) in [6, 6.07) is 8.24. The van der Waals surface area contributed by atoms with Crippen LogP contribution in [0.25, 0.3) is 10.9 Å². The van der Waals surface area contributed by atoms with Crippen LogP contribution >= 0.6 is 0 Å². The van der Waals surface area contributed by atoms with Crippen molar-refractivity contribution in [3.8, 4) is 0 Å². The van der Waals surface area contributed by atoms with E-state index < -0.39 is 13.7 Å². The number of esters is 1. The van der Waals surface area contributed by atoms with Crippen LogP contribution in [0.4, 0.5) is 4.79 Å². The Bertz CT molecular complexity index is 1120. The number of ether oxygens (including phenoxy) is 2. The van der Waals surface area contributed by atoms with Gasteiger partial charge in [-0.15, -0.1) is 0 Å². The number of benzene rings is 1. The maximum atomic E-state index is 13.4. The largest absolute Gasteiger partial charge is 0.469 e. The molecule has 1 aromatic heterocycles. The summed E-state index contributed by atoms with van der Waals surface area (Å²) in [5.74, 6) is 0.162. The molecule has 6 nitrogen and oxygen atoms in total.